The summed E-state index contributed by atoms with van der Waals surface area (Å²) in [6.07, 6.45) is 1.95. The number of nitrogens with one attached hydrogen (secondary N) is 1. The van der Waals surface area contributed by atoms with Gasteiger partial charge in [-0.15, -0.1) is 0 Å². The second-order valence-corrected chi connectivity index (χ2v) is 5.34. The highest BCUT2D eigenvalue weighted by Crippen LogP contribution is 2.34. The van der Waals surface area contributed by atoms with Gasteiger partial charge < -0.3 is 15.0 Å². The molecule has 6 heteroatoms. The number of rotatable bonds is 5. The second-order valence-electron chi connectivity index (χ2n) is 5.34. The Kier molecular flexibility index (Phi) is 5.01. The van der Waals surface area contributed by atoms with Crippen LogP contribution in [0.2, 0.25) is 0 Å². The van der Waals surface area contributed by atoms with E-state index in [2.05, 4.69) is 24.1 Å². The summed E-state index contributed by atoms with van der Waals surface area (Å²) in [6, 6.07) is 5.57. The predicted molar refractivity (Wildman–Crippen MR) is 83.2 cm³/mol. The smallest absolute Gasteiger partial charge is 0.292 e. The average molecular weight is 293 g/mol. The standard InChI is InChI=1S/C15H23N3O3/c1-4-11-10-17(12(5-2)9-16-11)15-8-13(21-3)6-7-14(15)18(19)20/h6-8,11-12,16H,4-5,9-10H2,1-3H3. The Morgan fingerprint density at radius 2 is 2.19 bits per heavy atom. The molecule has 1 aliphatic rings. The lowest BCUT2D eigenvalue weighted by Crippen LogP contribution is -2.56. The minimum absolute atomic E-state index is 0.144. The molecule has 21 heavy (non-hydrogen) atoms. The van der Waals surface area contributed by atoms with Crippen LogP contribution in [0.3, 0.4) is 0 Å². The van der Waals surface area contributed by atoms with Gasteiger partial charge in [-0.25, -0.2) is 0 Å². The SMILES string of the molecule is CCC1CN(c2cc(OC)ccc2[N+](=O)[O-])C(CC)CN1. The van der Waals surface area contributed by atoms with Gasteiger partial charge >= 0.3 is 0 Å². The number of hydrogen-bond acceptors (Lipinski definition) is 5. The first-order valence-electron chi connectivity index (χ1n) is 7.43. The van der Waals surface area contributed by atoms with Gasteiger partial charge in [0, 0.05) is 37.3 Å². The largest absolute Gasteiger partial charge is 0.497 e. The van der Waals surface area contributed by atoms with Crippen molar-refractivity contribution in [2.24, 2.45) is 0 Å². The van der Waals surface area contributed by atoms with Crippen molar-refractivity contribution in [2.75, 3.05) is 25.1 Å². The molecule has 1 fully saturated rings. The third-order valence-electron chi connectivity index (χ3n) is 4.15. The molecule has 0 bridgehead atoms. The van der Waals surface area contributed by atoms with E-state index in [1.165, 1.54) is 6.07 Å². The van der Waals surface area contributed by atoms with Crippen LogP contribution >= 0.6 is 0 Å². The van der Waals surface area contributed by atoms with Gasteiger partial charge in [-0.05, 0) is 18.9 Å². The molecule has 0 saturated carbocycles. The normalized spacial score (nSPS) is 22.1. The number of piperazine rings is 1. The fourth-order valence-corrected chi connectivity index (χ4v) is 2.81. The van der Waals surface area contributed by atoms with Crippen LogP contribution < -0.4 is 15.0 Å². The lowest BCUT2D eigenvalue weighted by atomic mass is 10.0. The third kappa shape index (κ3) is 3.26. The Balaban J connectivity index is 2.42. The third-order valence-corrected chi connectivity index (χ3v) is 4.15. The molecule has 116 valence electrons. The van der Waals surface area contributed by atoms with Crippen molar-refractivity contribution >= 4 is 11.4 Å². The number of methoxy groups -OCH3 is 1. The van der Waals surface area contributed by atoms with Crippen LogP contribution in [0.25, 0.3) is 0 Å². The average Bonchev–Trinajstić information content (AvgIpc) is 2.53. The number of nitrogens with zero attached hydrogens (tertiary/aromatic N) is 2. The molecule has 1 heterocycles. The molecule has 0 spiro atoms. The van der Waals surface area contributed by atoms with E-state index in [9.17, 15) is 10.1 Å². The molecule has 0 aromatic heterocycles. The molecule has 1 aromatic rings. The quantitative estimate of drug-likeness (QED) is 0.667. The van der Waals surface area contributed by atoms with E-state index in [0.717, 1.165) is 25.9 Å². The highest BCUT2D eigenvalue weighted by molar-refractivity contribution is 5.66. The van der Waals surface area contributed by atoms with Crippen LogP contribution in [0.15, 0.2) is 18.2 Å². The Morgan fingerprint density at radius 3 is 2.76 bits per heavy atom. The molecule has 0 radical (unpaired) electrons. The van der Waals surface area contributed by atoms with Crippen molar-refractivity contribution in [3.05, 3.63) is 28.3 Å². The minimum atomic E-state index is -0.315. The van der Waals surface area contributed by atoms with E-state index in [-0.39, 0.29) is 16.7 Å². The van der Waals surface area contributed by atoms with E-state index < -0.39 is 0 Å². The number of nitro groups is 1. The Morgan fingerprint density at radius 1 is 1.43 bits per heavy atom. The van der Waals surface area contributed by atoms with Gasteiger partial charge in [-0.3, -0.25) is 10.1 Å². The number of anilines is 1. The van der Waals surface area contributed by atoms with Crippen molar-refractivity contribution in [3.8, 4) is 5.75 Å². The summed E-state index contributed by atoms with van der Waals surface area (Å²) in [5.74, 6) is 0.650. The fourth-order valence-electron chi connectivity index (χ4n) is 2.81. The molecule has 1 aliphatic heterocycles. The summed E-state index contributed by atoms with van der Waals surface area (Å²) in [5.41, 5.74) is 0.803. The van der Waals surface area contributed by atoms with E-state index in [4.69, 9.17) is 4.74 Å². The fraction of sp³-hybridized carbons (Fsp3) is 0.600. The van der Waals surface area contributed by atoms with Crippen molar-refractivity contribution in [1.82, 2.24) is 5.32 Å². The Bertz CT molecular complexity index is 507. The van der Waals surface area contributed by atoms with E-state index in [0.29, 0.717) is 17.5 Å². The molecule has 6 nitrogen and oxygen atoms in total. The van der Waals surface area contributed by atoms with E-state index in [1.54, 1.807) is 19.2 Å². The number of ether oxygens (including phenoxy) is 1. The topological polar surface area (TPSA) is 67.6 Å². The van der Waals surface area contributed by atoms with Crippen molar-refractivity contribution in [3.63, 3.8) is 0 Å². The monoisotopic (exact) mass is 293 g/mol. The van der Waals surface area contributed by atoms with Gasteiger partial charge in [-0.1, -0.05) is 13.8 Å². The zero-order chi connectivity index (χ0) is 15.4. The molecular weight excluding hydrogens is 270 g/mol. The van der Waals surface area contributed by atoms with Crippen LogP contribution in [0.1, 0.15) is 26.7 Å². The predicted octanol–water partition coefficient (Wildman–Crippen LogP) is 2.57. The second kappa shape index (κ2) is 6.76. The summed E-state index contributed by atoms with van der Waals surface area (Å²) < 4.78 is 5.24. The molecule has 1 saturated heterocycles. The van der Waals surface area contributed by atoms with Gasteiger partial charge in [-0.2, -0.15) is 0 Å². The minimum Gasteiger partial charge on any atom is -0.497 e. The lowest BCUT2D eigenvalue weighted by molar-refractivity contribution is -0.384. The maximum Gasteiger partial charge on any atom is 0.292 e. The van der Waals surface area contributed by atoms with Gasteiger partial charge in [0.15, 0.2) is 0 Å². The molecule has 0 aliphatic carbocycles. The van der Waals surface area contributed by atoms with Crippen molar-refractivity contribution < 1.29 is 9.66 Å². The molecule has 2 rings (SSSR count). The maximum atomic E-state index is 11.3. The zero-order valence-electron chi connectivity index (χ0n) is 12.8. The summed E-state index contributed by atoms with van der Waals surface area (Å²) in [4.78, 5) is 13.2. The van der Waals surface area contributed by atoms with Gasteiger partial charge in [0.05, 0.1) is 12.0 Å². The molecule has 2 atom stereocenters. The Hall–Kier alpha value is -1.82. The molecule has 1 aromatic carbocycles. The van der Waals surface area contributed by atoms with Crippen LogP contribution in [0.5, 0.6) is 5.75 Å². The summed E-state index contributed by atoms with van der Waals surface area (Å²) in [7, 11) is 1.58. The van der Waals surface area contributed by atoms with Crippen molar-refractivity contribution in [1.29, 1.82) is 0 Å². The number of nitro benzene ring substituents is 1. The Labute approximate surface area is 125 Å². The van der Waals surface area contributed by atoms with Gasteiger partial charge in [0.2, 0.25) is 0 Å². The lowest BCUT2D eigenvalue weighted by Gasteiger charge is -2.41. The molecule has 1 N–H and O–H groups in total. The van der Waals surface area contributed by atoms with Crippen LogP contribution in [0, 0.1) is 10.1 Å². The van der Waals surface area contributed by atoms with Gasteiger partial charge in [0.25, 0.3) is 5.69 Å². The maximum absolute atomic E-state index is 11.3. The first-order chi connectivity index (χ1) is 10.1. The first-order valence-corrected chi connectivity index (χ1v) is 7.43. The molecule has 2 unspecified atom stereocenters. The highest BCUT2D eigenvalue weighted by Gasteiger charge is 2.30. The summed E-state index contributed by atoms with van der Waals surface area (Å²) in [6.45, 7) is 5.87. The number of benzene rings is 1. The number of hydrogen-bond donors (Lipinski definition) is 1. The summed E-state index contributed by atoms with van der Waals surface area (Å²) >= 11 is 0. The summed E-state index contributed by atoms with van der Waals surface area (Å²) in [5, 5.41) is 14.8. The van der Waals surface area contributed by atoms with Crippen molar-refractivity contribution in [2.45, 2.75) is 38.8 Å². The zero-order valence-corrected chi connectivity index (χ0v) is 12.8. The van der Waals surface area contributed by atoms with E-state index in [1.807, 2.05) is 0 Å². The van der Waals surface area contributed by atoms with Crippen LogP contribution in [0.4, 0.5) is 11.4 Å². The molecular formula is C15H23N3O3. The van der Waals surface area contributed by atoms with Crippen LogP contribution in [-0.2, 0) is 0 Å². The van der Waals surface area contributed by atoms with Gasteiger partial charge in [0.1, 0.15) is 11.4 Å². The first kappa shape index (κ1) is 15.6. The highest BCUT2D eigenvalue weighted by atomic mass is 16.6. The van der Waals surface area contributed by atoms with E-state index >= 15 is 0 Å². The molecule has 0 amide bonds. The van der Waals surface area contributed by atoms with Crippen LogP contribution in [-0.4, -0.2) is 37.2 Å².